The van der Waals surface area contributed by atoms with Crippen molar-refractivity contribution in [3.05, 3.63) is 47.0 Å². The van der Waals surface area contributed by atoms with Gasteiger partial charge >= 0.3 is 0 Å². The van der Waals surface area contributed by atoms with Gasteiger partial charge in [0.05, 0.1) is 0 Å². The molecule has 3 aromatic rings. The van der Waals surface area contributed by atoms with E-state index in [1.807, 2.05) is 11.7 Å². The normalized spacial score (nSPS) is 11.2. The number of nitrogens with zero attached hydrogens (tertiary/aromatic N) is 3. The number of fused-ring (bicyclic) bond motifs is 1. The molecule has 0 bridgehead atoms. The fourth-order valence-corrected chi connectivity index (χ4v) is 3.54. The lowest BCUT2D eigenvalue weighted by atomic mass is 9.92. The third kappa shape index (κ3) is 2.17. The first-order valence-corrected chi connectivity index (χ1v) is 7.61. The minimum Gasteiger partial charge on any atom is -0.362 e. The smallest absolute Gasteiger partial charge is 0.134 e. The van der Waals surface area contributed by atoms with Crippen LogP contribution in [-0.4, -0.2) is 23.9 Å². The van der Waals surface area contributed by atoms with Crippen molar-refractivity contribution in [2.75, 3.05) is 19.0 Å². The van der Waals surface area contributed by atoms with Gasteiger partial charge in [-0.2, -0.15) is 5.10 Å². The van der Waals surface area contributed by atoms with E-state index < -0.39 is 0 Å². The molecule has 0 amide bonds. The number of hydrogen-bond acceptors (Lipinski definition) is 2. The molecule has 0 saturated heterocycles. The molecular formula is C19H23N3. The topological polar surface area (TPSA) is 21.1 Å². The van der Waals surface area contributed by atoms with Crippen LogP contribution < -0.4 is 4.90 Å². The molecular weight excluding hydrogens is 270 g/mol. The molecule has 0 saturated carbocycles. The Kier molecular flexibility index (Phi) is 3.44. The van der Waals surface area contributed by atoms with Crippen molar-refractivity contribution in [2.24, 2.45) is 7.05 Å². The van der Waals surface area contributed by atoms with Crippen LogP contribution in [0.1, 0.15) is 16.7 Å². The Labute approximate surface area is 132 Å². The monoisotopic (exact) mass is 293 g/mol. The molecule has 0 radical (unpaired) electrons. The van der Waals surface area contributed by atoms with Crippen LogP contribution in [0.4, 0.5) is 5.82 Å². The predicted molar refractivity (Wildman–Crippen MR) is 94.7 cm³/mol. The van der Waals surface area contributed by atoms with Crippen molar-refractivity contribution in [1.29, 1.82) is 0 Å². The van der Waals surface area contributed by atoms with Gasteiger partial charge in [0.25, 0.3) is 0 Å². The van der Waals surface area contributed by atoms with Gasteiger partial charge in [-0.25, -0.2) is 0 Å². The highest BCUT2D eigenvalue weighted by Crippen LogP contribution is 2.36. The Morgan fingerprint density at radius 2 is 1.64 bits per heavy atom. The Bertz CT molecular complexity index is 833. The fraction of sp³-hybridized carbons (Fsp3) is 0.316. The van der Waals surface area contributed by atoms with Gasteiger partial charge in [0.1, 0.15) is 11.3 Å². The van der Waals surface area contributed by atoms with Gasteiger partial charge in [0.15, 0.2) is 0 Å². The Morgan fingerprint density at radius 3 is 2.23 bits per heavy atom. The summed E-state index contributed by atoms with van der Waals surface area (Å²) in [4.78, 5) is 2.12. The van der Waals surface area contributed by atoms with Crippen LogP contribution in [0.5, 0.6) is 0 Å². The highest BCUT2D eigenvalue weighted by molar-refractivity contribution is 6.01. The number of benzene rings is 2. The summed E-state index contributed by atoms with van der Waals surface area (Å²) in [7, 11) is 6.13. The number of anilines is 1. The van der Waals surface area contributed by atoms with Gasteiger partial charge in [0, 0.05) is 32.1 Å². The van der Waals surface area contributed by atoms with Crippen LogP contribution in [0, 0.1) is 20.8 Å². The van der Waals surface area contributed by atoms with Crippen molar-refractivity contribution < 1.29 is 0 Å². The fourth-order valence-electron chi connectivity index (χ4n) is 3.54. The van der Waals surface area contributed by atoms with E-state index in [9.17, 15) is 0 Å². The van der Waals surface area contributed by atoms with Gasteiger partial charge < -0.3 is 4.90 Å². The standard InChI is InChI=1S/C19H23N3/c1-12-10-13(2)17(14(3)11-12)15-8-7-9-16-18(15)20-22(6)19(16)21(4)5/h7-11H,1-6H3. The molecule has 0 N–H and O–H groups in total. The van der Waals surface area contributed by atoms with Gasteiger partial charge in [-0.1, -0.05) is 29.8 Å². The SMILES string of the molecule is Cc1cc(C)c(-c2cccc3c(N(C)C)n(C)nc23)c(C)c1. The summed E-state index contributed by atoms with van der Waals surface area (Å²) >= 11 is 0. The Hall–Kier alpha value is -2.29. The molecule has 0 spiro atoms. The lowest BCUT2D eigenvalue weighted by molar-refractivity contribution is 0.765. The van der Waals surface area contributed by atoms with E-state index in [-0.39, 0.29) is 0 Å². The first-order valence-electron chi connectivity index (χ1n) is 7.61. The van der Waals surface area contributed by atoms with Crippen molar-refractivity contribution >= 4 is 16.7 Å². The Balaban J connectivity index is 2.36. The molecule has 1 aromatic heterocycles. The first-order chi connectivity index (χ1) is 10.4. The Morgan fingerprint density at radius 1 is 1.00 bits per heavy atom. The minimum absolute atomic E-state index is 1.07. The van der Waals surface area contributed by atoms with E-state index in [1.54, 1.807) is 0 Å². The summed E-state index contributed by atoms with van der Waals surface area (Å²) in [5, 5.41) is 5.99. The van der Waals surface area contributed by atoms with Gasteiger partial charge in [0.2, 0.25) is 0 Å². The molecule has 0 atom stereocenters. The molecule has 22 heavy (non-hydrogen) atoms. The molecule has 3 nitrogen and oxygen atoms in total. The van der Waals surface area contributed by atoms with Crippen LogP contribution in [-0.2, 0) is 7.05 Å². The van der Waals surface area contributed by atoms with Crippen LogP contribution in [0.2, 0.25) is 0 Å². The van der Waals surface area contributed by atoms with Crippen molar-refractivity contribution in [1.82, 2.24) is 9.78 Å². The summed E-state index contributed by atoms with van der Waals surface area (Å²) in [5.41, 5.74) is 7.52. The zero-order chi connectivity index (χ0) is 16.0. The molecule has 114 valence electrons. The van der Waals surface area contributed by atoms with Crippen LogP contribution >= 0.6 is 0 Å². The number of hydrogen-bond donors (Lipinski definition) is 0. The van der Waals surface area contributed by atoms with Crippen molar-refractivity contribution in [3.8, 4) is 11.1 Å². The number of aryl methyl sites for hydroxylation is 4. The van der Waals surface area contributed by atoms with Crippen LogP contribution in [0.15, 0.2) is 30.3 Å². The summed E-state index contributed by atoms with van der Waals surface area (Å²) in [6, 6.07) is 11.0. The highest BCUT2D eigenvalue weighted by atomic mass is 15.3. The van der Waals surface area contributed by atoms with E-state index in [0.717, 1.165) is 11.3 Å². The van der Waals surface area contributed by atoms with Crippen LogP contribution in [0.3, 0.4) is 0 Å². The maximum atomic E-state index is 4.79. The van der Waals surface area contributed by atoms with Gasteiger partial charge in [-0.3, -0.25) is 4.68 Å². The van der Waals surface area contributed by atoms with Gasteiger partial charge in [-0.05, 0) is 43.5 Å². The van der Waals surface area contributed by atoms with Crippen LogP contribution in [0.25, 0.3) is 22.0 Å². The van der Waals surface area contributed by atoms with Gasteiger partial charge in [-0.15, -0.1) is 0 Å². The minimum atomic E-state index is 1.07. The molecule has 0 fully saturated rings. The van der Waals surface area contributed by atoms with E-state index in [2.05, 4.69) is 70.1 Å². The van der Waals surface area contributed by atoms with E-state index >= 15 is 0 Å². The molecule has 0 aliphatic carbocycles. The zero-order valence-electron chi connectivity index (χ0n) is 14.2. The highest BCUT2D eigenvalue weighted by Gasteiger charge is 2.16. The second-order valence-corrected chi connectivity index (χ2v) is 6.32. The molecule has 0 aliphatic heterocycles. The molecule has 3 rings (SSSR count). The number of rotatable bonds is 2. The average molecular weight is 293 g/mol. The first kappa shape index (κ1) is 14.6. The lowest BCUT2D eigenvalue weighted by Crippen LogP contribution is -2.13. The third-order valence-corrected chi connectivity index (χ3v) is 4.20. The van der Waals surface area contributed by atoms with E-state index in [1.165, 1.54) is 33.2 Å². The summed E-state index contributed by atoms with van der Waals surface area (Å²) in [6.45, 7) is 6.52. The maximum absolute atomic E-state index is 4.79. The molecule has 0 unspecified atom stereocenters. The zero-order valence-corrected chi connectivity index (χ0v) is 14.2. The molecule has 0 aliphatic rings. The van der Waals surface area contributed by atoms with E-state index in [4.69, 9.17) is 5.10 Å². The maximum Gasteiger partial charge on any atom is 0.134 e. The van der Waals surface area contributed by atoms with E-state index in [0.29, 0.717) is 0 Å². The quantitative estimate of drug-likeness (QED) is 0.705. The number of aromatic nitrogens is 2. The van der Waals surface area contributed by atoms with Crippen molar-refractivity contribution in [2.45, 2.75) is 20.8 Å². The predicted octanol–water partition coefficient (Wildman–Crippen LogP) is 4.23. The second kappa shape index (κ2) is 5.16. The summed E-state index contributed by atoms with van der Waals surface area (Å²) < 4.78 is 1.97. The molecule has 1 heterocycles. The third-order valence-electron chi connectivity index (χ3n) is 4.20. The molecule has 3 heteroatoms. The molecule has 2 aromatic carbocycles. The largest absolute Gasteiger partial charge is 0.362 e. The lowest BCUT2D eigenvalue weighted by Gasteiger charge is -2.13. The second-order valence-electron chi connectivity index (χ2n) is 6.32. The average Bonchev–Trinajstić information content (AvgIpc) is 2.74. The summed E-state index contributed by atoms with van der Waals surface area (Å²) in [5.74, 6) is 1.14. The summed E-state index contributed by atoms with van der Waals surface area (Å²) in [6.07, 6.45) is 0. The van der Waals surface area contributed by atoms with Crippen molar-refractivity contribution in [3.63, 3.8) is 0 Å².